The molecule has 2 rings (SSSR count). The molecule has 2 N–H and O–H groups in total. The maximum Gasteiger partial charge on any atom is 0.310 e. The summed E-state index contributed by atoms with van der Waals surface area (Å²) >= 11 is 0. The molecule has 0 aromatic heterocycles. The van der Waals surface area contributed by atoms with Gasteiger partial charge in [0.2, 0.25) is 0 Å². The normalized spacial score (nSPS) is 21.9. The zero-order valence-corrected chi connectivity index (χ0v) is 11.4. The molecule has 108 valence electrons. The number of hydrogen-bond acceptors (Lipinski definition) is 4. The molecule has 0 bridgehead atoms. The third-order valence-electron chi connectivity index (χ3n) is 3.65. The Hall–Kier alpha value is -2.11. The largest absolute Gasteiger partial charge is 0.469 e. The summed E-state index contributed by atoms with van der Waals surface area (Å²) < 4.78 is 18.1. The lowest BCUT2D eigenvalue weighted by molar-refractivity contribution is -0.146. The van der Waals surface area contributed by atoms with E-state index in [2.05, 4.69) is 0 Å². The topological polar surface area (TPSA) is 72.6 Å². The fourth-order valence-corrected chi connectivity index (χ4v) is 2.43. The standard InChI is InChI=1S/C14H17FN2O3/c1-8-6-17(7-10(8)14(19)20-2)13(18)9-3-4-12(16)11(15)5-9/h3-5,8,10H,6-7,16H2,1-2H3. The molecule has 1 fully saturated rings. The number of carbonyl (C=O) groups is 2. The first-order chi connectivity index (χ1) is 9.43. The summed E-state index contributed by atoms with van der Waals surface area (Å²) in [6, 6.07) is 3.96. The van der Waals surface area contributed by atoms with E-state index in [1.54, 1.807) is 0 Å². The minimum absolute atomic E-state index is 0.00350. The molecule has 0 spiro atoms. The molecule has 1 aromatic rings. The number of nitrogens with two attached hydrogens (primary N) is 1. The highest BCUT2D eigenvalue weighted by Gasteiger charge is 2.37. The lowest BCUT2D eigenvalue weighted by Gasteiger charge is -2.16. The number of carbonyl (C=O) groups excluding carboxylic acids is 2. The Labute approximate surface area is 116 Å². The summed E-state index contributed by atoms with van der Waals surface area (Å²) in [4.78, 5) is 25.4. The molecule has 2 unspecified atom stereocenters. The van der Waals surface area contributed by atoms with Crippen LogP contribution >= 0.6 is 0 Å². The lowest BCUT2D eigenvalue weighted by atomic mass is 9.99. The summed E-state index contributed by atoms with van der Waals surface area (Å²) in [6.07, 6.45) is 0. The van der Waals surface area contributed by atoms with Crippen molar-refractivity contribution in [1.29, 1.82) is 0 Å². The SMILES string of the molecule is COC(=O)C1CN(C(=O)c2ccc(N)c(F)c2)CC1C. The number of esters is 1. The number of amides is 1. The van der Waals surface area contributed by atoms with Gasteiger partial charge in [-0.1, -0.05) is 6.92 Å². The van der Waals surface area contributed by atoms with Gasteiger partial charge in [-0.25, -0.2) is 4.39 Å². The van der Waals surface area contributed by atoms with Crippen molar-refractivity contribution in [2.24, 2.45) is 11.8 Å². The van der Waals surface area contributed by atoms with Crippen LogP contribution in [0.5, 0.6) is 0 Å². The number of ether oxygens (including phenoxy) is 1. The number of rotatable bonds is 2. The van der Waals surface area contributed by atoms with Gasteiger partial charge in [-0.15, -0.1) is 0 Å². The van der Waals surface area contributed by atoms with Gasteiger partial charge in [-0.05, 0) is 24.1 Å². The smallest absolute Gasteiger partial charge is 0.310 e. The number of hydrogen-bond donors (Lipinski definition) is 1. The van der Waals surface area contributed by atoms with Crippen LogP contribution in [0.1, 0.15) is 17.3 Å². The summed E-state index contributed by atoms with van der Waals surface area (Å²) in [6.45, 7) is 2.63. The number of anilines is 1. The number of methoxy groups -OCH3 is 1. The summed E-state index contributed by atoms with van der Waals surface area (Å²) in [7, 11) is 1.33. The molecule has 0 aliphatic carbocycles. The van der Waals surface area contributed by atoms with E-state index >= 15 is 0 Å². The van der Waals surface area contributed by atoms with Crippen molar-refractivity contribution >= 4 is 17.6 Å². The van der Waals surface area contributed by atoms with Gasteiger partial charge in [0.15, 0.2) is 0 Å². The Balaban J connectivity index is 2.14. The maximum absolute atomic E-state index is 13.4. The van der Waals surface area contributed by atoms with Crippen LogP contribution in [0.3, 0.4) is 0 Å². The predicted octanol–water partition coefficient (Wildman–Crippen LogP) is 1.29. The molecule has 1 aromatic carbocycles. The van der Waals surface area contributed by atoms with Crippen LogP contribution in [-0.4, -0.2) is 37.0 Å². The molecule has 0 saturated carbocycles. The quantitative estimate of drug-likeness (QED) is 0.654. The minimum atomic E-state index is -0.618. The maximum atomic E-state index is 13.4. The van der Waals surface area contributed by atoms with Gasteiger partial charge in [0, 0.05) is 18.7 Å². The number of likely N-dealkylation sites (tertiary alicyclic amines) is 1. The highest BCUT2D eigenvalue weighted by Crippen LogP contribution is 2.26. The van der Waals surface area contributed by atoms with E-state index in [1.807, 2.05) is 6.92 Å². The van der Waals surface area contributed by atoms with E-state index in [0.717, 1.165) is 6.07 Å². The van der Waals surface area contributed by atoms with E-state index in [1.165, 1.54) is 24.1 Å². The number of nitrogen functional groups attached to an aromatic ring is 1. The van der Waals surface area contributed by atoms with Crippen LogP contribution in [0, 0.1) is 17.7 Å². The second kappa shape index (κ2) is 5.48. The van der Waals surface area contributed by atoms with Crippen molar-refractivity contribution < 1.29 is 18.7 Å². The molecule has 1 amide bonds. The average molecular weight is 280 g/mol. The molecule has 1 aliphatic rings. The average Bonchev–Trinajstić information content (AvgIpc) is 2.82. The van der Waals surface area contributed by atoms with Gasteiger partial charge in [0.1, 0.15) is 5.82 Å². The monoisotopic (exact) mass is 280 g/mol. The first-order valence-electron chi connectivity index (χ1n) is 6.36. The van der Waals surface area contributed by atoms with E-state index in [9.17, 15) is 14.0 Å². The number of halogens is 1. The van der Waals surface area contributed by atoms with E-state index < -0.39 is 5.82 Å². The molecule has 1 aliphatic heterocycles. The first kappa shape index (κ1) is 14.3. The Kier molecular flexibility index (Phi) is 3.92. The molecule has 20 heavy (non-hydrogen) atoms. The zero-order chi connectivity index (χ0) is 14.9. The van der Waals surface area contributed by atoms with Gasteiger partial charge in [-0.3, -0.25) is 9.59 Å². The molecule has 2 atom stereocenters. The Morgan fingerprint density at radius 3 is 2.70 bits per heavy atom. The number of benzene rings is 1. The van der Waals surface area contributed by atoms with Crippen molar-refractivity contribution in [2.75, 3.05) is 25.9 Å². The summed E-state index contributed by atoms with van der Waals surface area (Å²) in [5.74, 6) is -1.56. The molecule has 5 nitrogen and oxygen atoms in total. The molecular weight excluding hydrogens is 263 g/mol. The second-order valence-corrected chi connectivity index (χ2v) is 5.05. The van der Waals surface area contributed by atoms with Crippen molar-refractivity contribution in [3.05, 3.63) is 29.6 Å². The van der Waals surface area contributed by atoms with Gasteiger partial charge in [-0.2, -0.15) is 0 Å². The van der Waals surface area contributed by atoms with E-state index in [0.29, 0.717) is 13.1 Å². The predicted molar refractivity (Wildman–Crippen MR) is 71.4 cm³/mol. The van der Waals surface area contributed by atoms with Crippen molar-refractivity contribution in [3.8, 4) is 0 Å². The van der Waals surface area contributed by atoms with Crippen molar-refractivity contribution in [2.45, 2.75) is 6.92 Å². The van der Waals surface area contributed by atoms with E-state index in [4.69, 9.17) is 10.5 Å². The van der Waals surface area contributed by atoms with Crippen LogP contribution in [0.15, 0.2) is 18.2 Å². The molecule has 1 saturated heterocycles. The second-order valence-electron chi connectivity index (χ2n) is 5.05. The van der Waals surface area contributed by atoms with Gasteiger partial charge in [0.05, 0.1) is 18.7 Å². The lowest BCUT2D eigenvalue weighted by Crippen LogP contribution is -2.30. The van der Waals surface area contributed by atoms with Crippen LogP contribution in [0.25, 0.3) is 0 Å². The molecular formula is C14H17FN2O3. The molecule has 1 heterocycles. The Morgan fingerprint density at radius 2 is 2.10 bits per heavy atom. The fourth-order valence-electron chi connectivity index (χ4n) is 2.43. The minimum Gasteiger partial charge on any atom is -0.469 e. The summed E-state index contributed by atoms with van der Waals surface area (Å²) in [5, 5.41) is 0. The van der Waals surface area contributed by atoms with E-state index in [-0.39, 0.29) is 35.0 Å². The highest BCUT2D eigenvalue weighted by atomic mass is 19.1. The third-order valence-corrected chi connectivity index (χ3v) is 3.65. The van der Waals surface area contributed by atoms with Crippen LogP contribution < -0.4 is 5.73 Å². The van der Waals surface area contributed by atoms with Gasteiger partial charge in [0.25, 0.3) is 5.91 Å². The third kappa shape index (κ3) is 2.59. The van der Waals surface area contributed by atoms with Gasteiger partial charge >= 0.3 is 5.97 Å². The number of nitrogens with zero attached hydrogens (tertiary/aromatic N) is 1. The van der Waals surface area contributed by atoms with Crippen LogP contribution in [0.2, 0.25) is 0 Å². The van der Waals surface area contributed by atoms with Crippen molar-refractivity contribution in [3.63, 3.8) is 0 Å². The Bertz CT molecular complexity index is 547. The van der Waals surface area contributed by atoms with Crippen LogP contribution in [0.4, 0.5) is 10.1 Å². The zero-order valence-electron chi connectivity index (χ0n) is 11.4. The first-order valence-corrected chi connectivity index (χ1v) is 6.36. The molecule has 6 heteroatoms. The Morgan fingerprint density at radius 1 is 1.40 bits per heavy atom. The summed E-state index contributed by atoms with van der Waals surface area (Å²) in [5.41, 5.74) is 5.62. The highest BCUT2D eigenvalue weighted by molar-refractivity contribution is 5.95. The van der Waals surface area contributed by atoms with Crippen LogP contribution in [-0.2, 0) is 9.53 Å². The van der Waals surface area contributed by atoms with Gasteiger partial charge < -0.3 is 15.4 Å². The fraction of sp³-hybridized carbons (Fsp3) is 0.429. The van der Waals surface area contributed by atoms with Crippen molar-refractivity contribution in [1.82, 2.24) is 4.90 Å². The molecule has 0 radical (unpaired) electrons.